The Balaban J connectivity index is 3.71. The molecule has 0 rings (SSSR count). The Morgan fingerprint density at radius 3 is 2.20 bits per heavy atom. The highest BCUT2D eigenvalue weighted by Crippen LogP contribution is 1.95. The summed E-state index contributed by atoms with van der Waals surface area (Å²) in [4.78, 5) is 2.80. The van der Waals surface area contributed by atoms with Gasteiger partial charge in [-0.05, 0) is 20.4 Å². The van der Waals surface area contributed by atoms with Crippen molar-refractivity contribution in [1.29, 1.82) is 0 Å². The van der Waals surface area contributed by atoms with E-state index in [4.69, 9.17) is 18.0 Å². The van der Waals surface area contributed by atoms with E-state index in [2.05, 4.69) is 25.7 Å². The van der Waals surface area contributed by atoms with E-state index in [1.54, 1.807) is 0 Å². The Labute approximate surface area is 68.4 Å². The van der Waals surface area contributed by atoms with E-state index in [-0.39, 0.29) is 0 Å². The second kappa shape index (κ2) is 4.63. The number of thiocarbonyl (C=S) groups is 1. The van der Waals surface area contributed by atoms with Crippen molar-refractivity contribution in [1.82, 2.24) is 4.90 Å². The Morgan fingerprint density at radius 2 is 2.10 bits per heavy atom. The third-order valence-electron chi connectivity index (χ3n) is 1.50. The molecule has 0 atom stereocenters. The van der Waals surface area contributed by atoms with Gasteiger partial charge in [0.1, 0.15) is 0 Å². The Bertz CT molecular complexity index is 112. The fourth-order valence-corrected chi connectivity index (χ4v) is 1.03. The highest BCUT2D eigenvalue weighted by atomic mass is 32.1. The smallest absolute Gasteiger partial charge is 0.0870 e. The number of likely N-dealkylation sites (N-methyl/N-ethyl adjacent to an activating group) is 1. The number of nitrogens with two attached hydrogens (primary N) is 1. The summed E-state index contributed by atoms with van der Waals surface area (Å²) in [7, 11) is 0. The van der Waals surface area contributed by atoms with Crippen LogP contribution in [0.1, 0.15) is 20.8 Å². The number of rotatable bonds is 4. The summed E-state index contributed by atoms with van der Waals surface area (Å²) in [5.41, 5.74) is 5.40. The van der Waals surface area contributed by atoms with E-state index in [1.165, 1.54) is 0 Å². The predicted molar refractivity (Wildman–Crippen MR) is 49.2 cm³/mol. The van der Waals surface area contributed by atoms with Crippen LogP contribution in [0, 0.1) is 0 Å². The predicted octanol–water partition coefficient (Wildman–Crippen LogP) is 1.00. The molecule has 2 N–H and O–H groups in total. The Kier molecular flexibility index (Phi) is 4.56. The van der Waals surface area contributed by atoms with Gasteiger partial charge in [0.2, 0.25) is 0 Å². The van der Waals surface area contributed by atoms with Gasteiger partial charge >= 0.3 is 0 Å². The monoisotopic (exact) mass is 160 g/mol. The lowest BCUT2D eigenvalue weighted by Crippen LogP contribution is -2.37. The highest BCUT2D eigenvalue weighted by Gasteiger charge is 2.06. The van der Waals surface area contributed by atoms with Gasteiger partial charge in [-0.25, -0.2) is 0 Å². The Hall–Kier alpha value is -0.150. The van der Waals surface area contributed by atoms with E-state index in [0.717, 1.165) is 13.1 Å². The minimum atomic E-state index is 0.534. The molecule has 0 radical (unpaired) electrons. The summed E-state index contributed by atoms with van der Waals surface area (Å²) in [5.74, 6) is 0. The van der Waals surface area contributed by atoms with E-state index >= 15 is 0 Å². The van der Waals surface area contributed by atoms with Gasteiger partial charge in [0.05, 0.1) is 4.99 Å². The van der Waals surface area contributed by atoms with Gasteiger partial charge < -0.3 is 5.73 Å². The first-order valence-corrected chi connectivity index (χ1v) is 4.01. The molecule has 60 valence electrons. The van der Waals surface area contributed by atoms with E-state index in [9.17, 15) is 0 Å². The van der Waals surface area contributed by atoms with E-state index in [0.29, 0.717) is 11.0 Å². The first-order chi connectivity index (χ1) is 4.57. The molecule has 0 unspecified atom stereocenters. The summed E-state index contributed by atoms with van der Waals surface area (Å²) in [6.45, 7) is 8.14. The largest absolute Gasteiger partial charge is 0.392 e. The fraction of sp³-hybridized carbons (Fsp3) is 0.857. The Morgan fingerprint density at radius 1 is 1.60 bits per heavy atom. The summed E-state index contributed by atoms with van der Waals surface area (Å²) < 4.78 is 0. The average molecular weight is 160 g/mol. The number of hydrogen-bond donors (Lipinski definition) is 1. The molecule has 0 aromatic carbocycles. The zero-order valence-corrected chi connectivity index (χ0v) is 7.74. The molecule has 0 saturated carbocycles. The van der Waals surface area contributed by atoms with Gasteiger partial charge in [-0.1, -0.05) is 19.1 Å². The molecule has 0 fully saturated rings. The molecular formula is C7H16N2S. The molecular weight excluding hydrogens is 144 g/mol. The molecule has 10 heavy (non-hydrogen) atoms. The van der Waals surface area contributed by atoms with Crippen molar-refractivity contribution >= 4 is 17.2 Å². The van der Waals surface area contributed by atoms with Crippen LogP contribution in [0.25, 0.3) is 0 Å². The zero-order chi connectivity index (χ0) is 8.15. The molecule has 0 aromatic rings. The van der Waals surface area contributed by atoms with Gasteiger partial charge in [-0.3, -0.25) is 4.90 Å². The van der Waals surface area contributed by atoms with Crippen LogP contribution in [-0.2, 0) is 0 Å². The molecule has 0 aliphatic rings. The molecule has 0 aromatic heterocycles. The number of hydrogen-bond acceptors (Lipinski definition) is 2. The normalized spacial score (nSPS) is 10.9. The second-order valence-electron chi connectivity index (χ2n) is 2.62. The van der Waals surface area contributed by atoms with Crippen LogP contribution < -0.4 is 5.73 Å². The lowest BCUT2D eigenvalue weighted by molar-refractivity contribution is 0.268. The van der Waals surface area contributed by atoms with Crippen molar-refractivity contribution in [3.05, 3.63) is 0 Å². The molecule has 0 aliphatic heterocycles. The van der Waals surface area contributed by atoms with E-state index < -0.39 is 0 Å². The van der Waals surface area contributed by atoms with Crippen molar-refractivity contribution in [3.8, 4) is 0 Å². The number of nitrogens with zero attached hydrogens (tertiary/aromatic N) is 1. The maximum absolute atomic E-state index is 5.40. The van der Waals surface area contributed by atoms with Crippen LogP contribution >= 0.6 is 12.2 Å². The second-order valence-corrected chi connectivity index (χ2v) is 3.15. The summed E-state index contributed by atoms with van der Waals surface area (Å²) >= 11 is 4.79. The minimum Gasteiger partial charge on any atom is -0.392 e. The van der Waals surface area contributed by atoms with Gasteiger partial charge in [0, 0.05) is 12.6 Å². The van der Waals surface area contributed by atoms with Crippen LogP contribution in [0.15, 0.2) is 0 Å². The van der Waals surface area contributed by atoms with E-state index in [1.807, 2.05) is 0 Å². The van der Waals surface area contributed by atoms with Gasteiger partial charge in [-0.15, -0.1) is 0 Å². The molecule has 0 bridgehead atoms. The first-order valence-electron chi connectivity index (χ1n) is 3.60. The molecule has 2 nitrogen and oxygen atoms in total. The fourth-order valence-electron chi connectivity index (χ4n) is 0.860. The van der Waals surface area contributed by atoms with Crippen LogP contribution in [0.3, 0.4) is 0 Å². The lowest BCUT2D eigenvalue weighted by Gasteiger charge is -2.23. The molecule has 0 spiro atoms. The van der Waals surface area contributed by atoms with Crippen LogP contribution in [0.5, 0.6) is 0 Å². The zero-order valence-electron chi connectivity index (χ0n) is 6.92. The van der Waals surface area contributed by atoms with Crippen molar-refractivity contribution in [3.63, 3.8) is 0 Å². The van der Waals surface area contributed by atoms with Crippen molar-refractivity contribution in [2.24, 2.45) is 5.73 Å². The molecule has 0 heterocycles. The summed E-state index contributed by atoms with van der Waals surface area (Å²) in [6.07, 6.45) is 0. The van der Waals surface area contributed by atoms with Crippen LogP contribution in [-0.4, -0.2) is 29.0 Å². The van der Waals surface area contributed by atoms with Crippen molar-refractivity contribution in [2.75, 3.05) is 13.1 Å². The maximum Gasteiger partial charge on any atom is 0.0870 e. The molecule has 0 saturated heterocycles. The molecule has 3 heteroatoms. The van der Waals surface area contributed by atoms with Crippen molar-refractivity contribution < 1.29 is 0 Å². The average Bonchev–Trinajstić information content (AvgIpc) is 1.81. The van der Waals surface area contributed by atoms with Crippen LogP contribution in [0.4, 0.5) is 0 Å². The molecule has 0 amide bonds. The van der Waals surface area contributed by atoms with Gasteiger partial charge in [0.25, 0.3) is 0 Å². The maximum atomic E-state index is 5.40. The van der Waals surface area contributed by atoms with Gasteiger partial charge in [-0.2, -0.15) is 0 Å². The third-order valence-corrected chi connectivity index (χ3v) is 1.62. The molecule has 0 aliphatic carbocycles. The standard InChI is InChI=1S/C7H16N2S/c1-4-9(6(2)3)5-7(8)10/h6H,4-5H2,1-3H3,(H2,8,10). The third kappa shape index (κ3) is 3.80. The quantitative estimate of drug-likeness (QED) is 0.622. The minimum absolute atomic E-state index is 0.534. The highest BCUT2D eigenvalue weighted by molar-refractivity contribution is 7.80. The van der Waals surface area contributed by atoms with Crippen LogP contribution in [0.2, 0.25) is 0 Å². The summed E-state index contributed by atoms with van der Waals surface area (Å²) in [5, 5.41) is 0. The SMILES string of the molecule is CCN(CC(N)=S)C(C)C. The van der Waals surface area contributed by atoms with Crippen molar-refractivity contribution in [2.45, 2.75) is 26.8 Å². The topological polar surface area (TPSA) is 29.3 Å². The first kappa shape index (κ1) is 9.85. The van der Waals surface area contributed by atoms with Gasteiger partial charge in [0.15, 0.2) is 0 Å². The summed E-state index contributed by atoms with van der Waals surface area (Å²) in [6, 6.07) is 0.534. The lowest BCUT2D eigenvalue weighted by atomic mass is 10.3.